The molecule has 1 aromatic carbocycles. The quantitative estimate of drug-likeness (QED) is 0.659. The molecular formula is C14H12O2. The van der Waals surface area contributed by atoms with Gasteiger partial charge in [-0.15, -0.1) is 0 Å². The van der Waals surface area contributed by atoms with Crippen molar-refractivity contribution in [2.45, 2.75) is 13.8 Å². The first-order valence-corrected chi connectivity index (χ1v) is 5.23. The van der Waals surface area contributed by atoms with Crippen molar-refractivity contribution in [1.82, 2.24) is 0 Å². The van der Waals surface area contributed by atoms with Gasteiger partial charge in [-0.25, -0.2) is 0 Å². The minimum Gasteiger partial charge on any atom is -0.464 e. The summed E-state index contributed by atoms with van der Waals surface area (Å²) >= 11 is 0. The van der Waals surface area contributed by atoms with Gasteiger partial charge in [0.2, 0.25) is 0 Å². The van der Waals surface area contributed by atoms with Gasteiger partial charge in [-0.05, 0) is 37.6 Å². The maximum atomic E-state index is 5.68. The summed E-state index contributed by atoms with van der Waals surface area (Å²) in [5.74, 6) is 1.54. The summed E-state index contributed by atoms with van der Waals surface area (Å²) in [7, 11) is 0. The predicted octanol–water partition coefficient (Wildman–Crippen LogP) is 3.97. The Bertz CT molecular complexity index is 630. The Balaban J connectivity index is 2.47. The Morgan fingerprint density at radius 1 is 1.12 bits per heavy atom. The molecule has 0 atom stereocenters. The van der Waals surface area contributed by atoms with E-state index in [0.29, 0.717) is 5.76 Å². The number of hydrogen-bond acceptors (Lipinski definition) is 2. The van der Waals surface area contributed by atoms with E-state index in [9.17, 15) is 0 Å². The molecule has 3 rings (SSSR count). The van der Waals surface area contributed by atoms with Gasteiger partial charge in [0.15, 0.2) is 0 Å². The number of ether oxygens (including phenoxy) is 1. The molecule has 0 bridgehead atoms. The zero-order valence-corrected chi connectivity index (χ0v) is 9.33. The van der Waals surface area contributed by atoms with E-state index in [1.807, 2.05) is 19.1 Å². The lowest BCUT2D eigenvalue weighted by atomic mass is 9.98. The number of rotatable bonds is 0. The van der Waals surface area contributed by atoms with Crippen LogP contribution in [0.15, 0.2) is 35.2 Å². The Morgan fingerprint density at radius 2 is 1.94 bits per heavy atom. The van der Waals surface area contributed by atoms with E-state index in [0.717, 1.165) is 27.8 Å². The molecule has 0 amide bonds. The van der Waals surface area contributed by atoms with E-state index in [2.05, 4.69) is 19.6 Å². The molecule has 0 unspecified atom stereocenters. The number of furan rings is 1. The lowest BCUT2D eigenvalue weighted by Crippen LogP contribution is -2.02. The van der Waals surface area contributed by atoms with Crippen LogP contribution in [0.25, 0.3) is 17.0 Å². The average Bonchev–Trinajstić information content (AvgIpc) is 2.75. The standard InChI is InChI=1S/C14H12O2/c1-8-4-5-11-9(2)12-6-7-15-13(12)10(3)14(11)16-8/h4-7H,1H2,2-3H3. The summed E-state index contributed by atoms with van der Waals surface area (Å²) < 4.78 is 11.2. The molecule has 0 saturated heterocycles. The Kier molecular flexibility index (Phi) is 1.75. The van der Waals surface area contributed by atoms with Crippen LogP contribution in [0.3, 0.4) is 0 Å². The SMILES string of the molecule is C=C1C=Cc2c(c(C)c3occc3c2C)O1. The van der Waals surface area contributed by atoms with E-state index in [4.69, 9.17) is 9.15 Å². The molecule has 0 spiro atoms. The molecule has 0 aliphatic carbocycles. The van der Waals surface area contributed by atoms with Crippen LogP contribution < -0.4 is 4.74 Å². The molecule has 1 aliphatic heterocycles. The number of allylic oxidation sites excluding steroid dienone is 1. The van der Waals surface area contributed by atoms with Crippen molar-refractivity contribution < 1.29 is 9.15 Å². The van der Waals surface area contributed by atoms with Gasteiger partial charge >= 0.3 is 0 Å². The Hall–Kier alpha value is -1.96. The van der Waals surface area contributed by atoms with E-state index in [-0.39, 0.29) is 0 Å². The van der Waals surface area contributed by atoms with Crippen LogP contribution in [0.2, 0.25) is 0 Å². The lowest BCUT2D eigenvalue weighted by Gasteiger charge is -2.18. The third-order valence-corrected chi connectivity index (χ3v) is 3.07. The molecule has 0 radical (unpaired) electrons. The smallest absolute Gasteiger partial charge is 0.141 e. The van der Waals surface area contributed by atoms with Crippen molar-refractivity contribution in [3.05, 3.63) is 47.4 Å². The minimum atomic E-state index is 0.668. The van der Waals surface area contributed by atoms with Gasteiger partial charge in [-0.1, -0.05) is 6.58 Å². The van der Waals surface area contributed by atoms with Gasteiger partial charge in [0.25, 0.3) is 0 Å². The summed E-state index contributed by atoms with van der Waals surface area (Å²) in [6, 6.07) is 2.00. The molecule has 2 nitrogen and oxygen atoms in total. The van der Waals surface area contributed by atoms with Crippen molar-refractivity contribution in [1.29, 1.82) is 0 Å². The number of fused-ring (bicyclic) bond motifs is 2. The highest BCUT2D eigenvalue weighted by atomic mass is 16.5. The molecular weight excluding hydrogens is 200 g/mol. The molecule has 0 saturated carbocycles. The second kappa shape index (κ2) is 3.01. The first kappa shape index (κ1) is 9.28. The van der Waals surface area contributed by atoms with E-state index in [1.165, 1.54) is 5.56 Å². The Morgan fingerprint density at radius 3 is 2.75 bits per heavy atom. The molecule has 2 heteroatoms. The third-order valence-electron chi connectivity index (χ3n) is 3.07. The average molecular weight is 212 g/mol. The minimum absolute atomic E-state index is 0.668. The van der Waals surface area contributed by atoms with Crippen LogP contribution in [0.4, 0.5) is 0 Å². The van der Waals surface area contributed by atoms with E-state index >= 15 is 0 Å². The summed E-state index contributed by atoms with van der Waals surface area (Å²) in [6.45, 7) is 7.90. The van der Waals surface area contributed by atoms with Crippen molar-refractivity contribution in [3.8, 4) is 5.75 Å². The first-order chi connectivity index (χ1) is 7.68. The highest BCUT2D eigenvalue weighted by molar-refractivity contribution is 5.91. The Labute approximate surface area is 93.8 Å². The van der Waals surface area contributed by atoms with Crippen LogP contribution >= 0.6 is 0 Å². The summed E-state index contributed by atoms with van der Waals surface area (Å²) in [6.07, 6.45) is 5.66. The van der Waals surface area contributed by atoms with E-state index in [1.54, 1.807) is 6.26 Å². The molecule has 2 heterocycles. The molecule has 1 aliphatic rings. The molecule has 80 valence electrons. The summed E-state index contributed by atoms with van der Waals surface area (Å²) in [4.78, 5) is 0. The van der Waals surface area contributed by atoms with Gasteiger partial charge in [-0.3, -0.25) is 0 Å². The van der Waals surface area contributed by atoms with Crippen molar-refractivity contribution in [2.24, 2.45) is 0 Å². The van der Waals surface area contributed by atoms with Crippen LogP contribution in [-0.4, -0.2) is 0 Å². The zero-order valence-electron chi connectivity index (χ0n) is 9.33. The predicted molar refractivity (Wildman–Crippen MR) is 64.5 cm³/mol. The van der Waals surface area contributed by atoms with Gasteiger partial charge < -0.3 is 9.15 Å². The van der Waals surface area contributed by atoms with Crippen LogP contribution in [-0.2, 0) is 0 Å². The number of benzene rings is 1. The van der Waals surface area contributed by atoms with Crippen molar-refractivity contribution in [3.63, 3.8) is 0 Å². The molecule has 1 aromatic heterocycles. The van der Waals surface area contributed by atoms with Crippen LogP contribution in [0.1, 0.15) is 16.7 Å². The summed E-state index contributed by atoms with van der Waals surface area (Å²) in [5, 5.41) is 1.15. The van der Waals surface area contributed by atoms with Crippen molar-refractivity contribution >= 4 is 17.0 Å². The van der Waals surface area contributed by atoms with Crippen molar-refractivity contribution in [2.75, 3.05) is 0 Å². The van der Waals surface area contributed by atoms with Gasteiger partial charge in [-0.2, -0.15) is 0 Å². The maximum Gasteiger partial charge on any atom is 0.141 e. The number of aryl methyl sites for hydroxylation is 2. The molecule has 2 aromatic rings. The van der Waals surface area contributed by atoms with Crippen LogP contribution in [0, 0.1) is 13.8 Å². The van der Waals surface area contributed by atoms with Gasteiger partial charge in [0.1, 0.15) is 17.1 Å². The normalized spacial score (nSPS) is 14.0. The third kappa shape index (κ3) is 1.07. The largest absolute Gasteiger partial charge is 0.464 e. The monoisotopic (exact) mass is 212 g/mol. The van der Waals surface area contributed by atoms with Gasteiger partial charge in [0, 0.05) is 16.5 Å². The highest BCUT2D eigenvalue weighted by Crippen LogP contribution is 2.39. The second-order valence-corrected chi connectivity index (χ2v) is 4.06. The fourth-order valence-corrected chi connectivity index (χ4v) is 2.19. The second-order valence-electron chi connectivity index (χ2n) is 4.06. The summed E-state index contributed by atoms with van der Waals surface area (Å²) in [5.41, 5.74) is 4.25. The maximum absolute atomic E-state index is 5.68. The molecule has 0 fully saturated rings. The topological polar surface area (TPSA) is 22.4 Å². The fourth-order valence-electron chi connectivity index (χ4n) is 2.19. The molecule has 0 N–H and O–H groups in total. The zero-order chi connectivity index (χ0) is 11.3. The molecule has 16 heavy (non-hydrogen) atoms. The van der Waals surface area contributed by atoms with E-state index < -0.39 is 0 Å². The fraction of sp³-hybridized carbons (Fsp3) is 0.143. The highest BCUT2D eigenvalue weighted by Gasteiger charge is 2.19. The van der Waals surface area contributed by atoms with Gasteiger partial charge in [0.05, 0.1) is 6.26 Å². The first-order valence-electron chi connectivity index (χ1n) is 5.23. The number of hydrogen-bond donors (Lipinski definition) is 0. The van der Waals surface area contributed by atoms with Crippen LogP contribution in [0.5, 0.6) is 5.75 Å². The lowest BCUT2D eigenvalue weighted by molar-refractivity contribution is 0.438.